The van der Waals surface area contributed by atoms with Gasteiger partial charge >= 0.3 is 0 Å². The van der Waals surface area contributed by atoms with Crippen molar-refractivity contribution in [2.75, 3.05) is 31.1 Å². The van der Waals surface area contributed by atoms with Crippen LogP contribution in [0.5, 0.6) is 5.75 Å². The van der Waals surface area contributed by atoms with Gasteiger partial charge in [-0.05, 0) is 49.6 Å². The van der Waals surface area contributed by atoms with E-state index in [0.717, 1.165) is 29.8 Å². The van der Waals surface area contributed by atoms with Crippen LogP contribution in [-0.2, 0) is 9.59 Å². The number of nitrogens with zero attached hydrogens (tertiary/aromatic N) is 3. The van der Waals surface area contributed by atoms with E-state index in [1.807, 2.05) is 66.4 Å². The molecule has 0 bridgehead atoms. The van der Waals surface area contributed by atoms with Crippen molar-refractivity contribution in [2.45, 2.75) is 25.8 Å². The summed E-state index contributed by atoms with van der Waals surface area (Å²) in [5.41, 5.74) is 1.92. The Kier molecular flexibility index (Phi) is 5.19. The molecule has 2 fully saturated rings. The van der Waals surface area contributed by atoms with Gasteiger partial charge in [-0.1, -0.05) is 30.3 Å². The zero-order valence-electron chi connectivity index (χ0n) is 16.1. The molecular weight excluding hydrogens is 354 g/mol. The first kappa shape index (κ1) is 18.3. The SMILES string of the molecule is CCOc1ccc(N2CC(=O)N3CCCC(c4ccccc4)N3C(=O)C2)cc1. The number of amides is 2. The lowest BCUT2D eigenvalue weighted by molar-refractivity contribution is -0.171. The molecule has 2 aliphatic heterocycles. The maximum absolute atomic E-state index is 13.2. The Morgan fingerprint density at radius 3 is 2.39 bits per heavy atom. The van der Waals surface area contributed by atoms with Crippen molar-refractivity contribution in [3.8, 4) is 5.75 Å². The molecule has 2 heterocycles. The molecule has 0 N–H and O–H groups in total. The van der Waals surface area contributed by atoms with Crippen molar-refractivity contribution in [1.29, 1.82) is 0 Å². The van der Waals surface area contributed by atoms with Crippen LogP contribution in [0.1, 0.15) is 31.4 Å². The Balaban J connectivity index is 1.60. The van der Waals surface area contributed by atoms with Gasteiger partial charge in [0.2, 0.25) is 0 Å². The first-order valence-corrected chi connectivity index (χ1v) is 9.82. The molecule has 28 heavy (non-hydrogen) atoms. The zero-order valence-corrected chi connectivity index (χ0v) is 16.1. The highest BCUT2D eigenvalue weighted by Gasteiger charge is 2.40. The van der Waals surface area contributed by atoms with Crippen LogP contribution in [0.4, 0.5) is 5.69 Å². The minimum atomic E-state index is -0.0910. The highest BCUT2D eigenvalue weighted by Crippen LogP contribution is 2.33. The molecule has 0 spiro atoms. The van der Waals surface area contributed by atoms with Gasteiger partial charge in [0.1, 0.15) is 5.75 Å². The number of ether oxygens (including phenoxy) is 1. The maximum atomic E-state index is 13.2. The molecule has 2 saturated heterocycles. The molecule has 2 aromatic carbocycles. The van der Waals surface area contributed by atoms with E-state index < -0.39 is 0 Å². The molecular formula is C22H25N3O3. The quantitative estimate of drug-likeness (QED) is 0.820. The third-order valence-electron chi connectivity index (χ3n) is 5.30. The molecule has 146 valence electrons. The Bertz CT molecular complexity index is 838. The molecule has 0 aliphatic carbocycles. The molecule has 2 aliphatic rings. The van der Waals surface area contributed by atoms with E-state index in [2.05, 4.69) is 0 Å². The fourth-order valence-corrected chi connectivity index (χ4v) is 4.01. The van der Waals surface area contributed by atoms with Crippen LogP contribution in [0.3, 0.4) is 0 Å². The molecule has 1 unspecified atom stereocenters. The monoisotopic (exact) mass is 379 g/mol. The van der Waals surface area contributed by atoms with Crippen LogP contribution in [0, 0.1) is 0 Å². The van der Waals surface area contributed by atoms with Crippen LogP contribution < -0.4 is 9.64 Å². The lowest BCUT2D eigenvalue weighted by Crippen LogP contribution is -2.54. The van der Waals surface area contributed by atoms with Crippen molar-refractivity contribution in [3.63, 3.8) is 0 Å². The van der Waals surface area contributed by atoms with Gasteiger partial charge in [0, 0.05) is 12.2 Å². The highest BCUT2D eigenvalue weighted by atomic mass is 16.5. The molecule has 1 atom stereocenters. The molecule has 6 nitrogen and oxygen atoms in total. The number of hydrogen-bond acceptors (Lipinski definition) is 4. The minimum Gasteiger partial charge on any atom is -0.494 e. The van der Waals surface area contributed by atoms with E-state index in [-0.39, 0.29) is 30.9 Å². The van der Waals surface area contributed by atoms with E-state index >= 15 is 0 Å². The summed E-state index contributed by atoms with van der Waals surface area (Å²) in [6.07, 6.45) is 1.75. The Morgan fingerprint density at radius 2 is 1.68 bits per heavy atom. The Labute approximate surface area is 165 Å². The van der Waals surface area contributed by atoms with Gasteiger partial charge in [-0.2, -0.15) is 0 Å². The third-order valence-corrected chi connectivity index (χ3v) is 5.30. The van der Waals surface area contributed by atoms with Crippen molar-refractivity contribution < 1.29 is 14.3 Å². The topological polar surface area (TPSA) is 53.1 Å². The summed E-state index contributed by atoms with van der Waals surface area (Å²) in [5, 5.41) is 3.34. The van der Waals surface area contributed by atoms with Crippen LogP contribution in [0.15, 0.2) is 54.6 Å². The van der Waals surface area contributed by atoms with Gasteiger partial charge in [-0.15, -0.1) is 0 Å². The molecule has 2 amide bonds. The van der Waals surface area contributed by atoms with Gasteiger partial charge < -0.3 is 9.64 Å². The summed E-state index contributed by atoms with van der Waals surface area (Å²) < 4.78 is 5.49. The molecule has 0 aromatic heterocycles. The number of benzene rings is 2. The molecule has 0 saturated carbocycles. The average Bonchev–Trinajstić information content (AvgIpc) is 2.86. The zero-order chi connectivity index (χ0) is 19.5. The van der Waals surface area contributed by atoms with E-state index in [1.165, 1.54) is 0 Å². The number of anilines is 1. The average molecular weight is 379 g/mol. The van der Waals surface area contributed by atoms with E-state index in [1.54, 1.807) is 10.0 Å². The summed E-state index contributed by atoms with van der Waals surface area (Å²) in [4.78, 5) is 28.0. The van der Waals surface area contributed by atoms with E-state index in [4.69, 9.17) is 4.74 Å². The fourth-order valence-electron chi connectivity index (χ4n) is 4.01. The first-order chi connectivity index (χ1) is 13.7. The lowest BCUT2D eigenvalue weighted by Gasteiger charge is -2.43. The second kappa shape index (κ2) is 7.92. The summed E-state index contributed by atoms with van der Waals surface area (Å²) in [6, 6.07) is 17.4. The predicted molar refractivity (Wildman–Crippen MR) is 107 cm³/mol. The van der Waals surface area contributed by atoms with Gasteiger partial charge in [0.05, 0.1) is 25.7 Å². The Morgan fingerprint density at radius 1 is 0.964 bits per heavy atom. The molecule has 4 rings (SSSR count). The normalized spacial score (nSPS) is 20.0. The van der Waals surface area contributed by atoms with Crippen LogP contribution in [0.25, 0.3) is 0 Å². The summed E-state index contributed by atoms with van der Waals surface area (Å²) >= 11 is 0. The van der Waals surface area contributed by atoms with Crippen molar-refractivity contribution >= 4 is 17.5 Å². The fraction of sp³-hybridized carbons (Fsp3) is 0.364. The minimum absolute atomic E-state index is 0.0413. The molecule has 2 aromatic rings. The smallest absolute Gasteiger partial charge is 0.261 e. The molecule has 6 heteroatoms. The van der Waals surface area contributed by atoms with Crippen molar-refractivity contribution in [3.05, 3.63) is 60.2 Å². The van der Waals surface area contributed by atoms with E-state index in [9.17, 15) is 9.59 Å². The van der Waals surface area contributed by atoms with E-state index in [0.29, 0.717) is 13.2 Å². The van der Waals surface area contributed by atoms with Crippen molar-refractivity contribution in [1.82, 2.24) is 10.0 Å². The largest absolute Gasteiger partial charge is 0.494 e. The maximum Gasteiger partial charge on any atom is 0.261 e. The lowest BCUT2D eigenvalue weighted by atomic mass is 9.99. The second-order valence-corrected chi connectivity index (χ2v) is 7.11. The van der Waals surface area contributed by atoms with Gasteiger partial charge in [0.15, 0.2) is 0 Å². The van der Waals surface area contributed by atoms with Gasteiger partial charge in [0.25, 0.3) is 11.8 Å². The summed E-state index contributed by atoms with van der Waals surface area (Å²) in [5.74, 6) is 0.692. The van der Waals surface area contributed by atoms with Crippen LogP contribution >= 0.6 is 0 Å². The van der Waals surface area contributed by atoms with Crippen LogP contribution in [-0.4, -0.2) is 48.1 Å². The number of rotatable bonds is 4. The number of hydrogen-bond donors (Lipinski definition) is 0. The van der Waals surface area contributed by atoms with Gasteiger partial charge in [-0.25, -0.2) is 10.0 Å². The second-order valence-electron chi connectivity index (χ2n) is 7.11. The molecule has 0 radical (unpaired) electrons. The Hall–Kier alpha value is -3.02. The third kappa shape index (κ3) is 3.54. The van der Waals surface area contributed by atoms with Gasteiger partial charge in [-0.3, -0.25) is 9.59 Å². The highest BCUT2D eigenvalue weighted by molar-refractivity contribution is 5.91. The predicted octanol–water partition coefficient (Wildman–Crippen LogP) is 3.01. The first-order valence-electron chi connectivity index (χ1n) is 9.82. The van der Waals surface area contributed by atoms with Crippen molar-refractivity contribution in [2.24, 2.45) is 0 Å². The number of fused-ring (bicyclic) bond motifs is 1. The number of carbonyl (C=O) groups is 2. The summed E-state index contributed by atoms with van der Waals surface area (Å²) in [6.45, 7) is 3.50. The standard InChI is InChI=1S/C22H25N3O3/c1-2-28-19-12-10-18(11-13-19)23-15-21(26)24-14-6-9-20(25(24)22(27)16-23)17-7-4-3-5-8-17/h3-5,7-8,10-13,20H,2,6,9,14-16H2,1H3. The summed E-state index contributed by atoms with van der Waals surface area (Å²) in [7, 11) is 0. The van der Waals surface area contributed by atoms with Crippen LogP contribution in [0.2, 0.25) is 0 Å². The number of hydrazine groups is 1. The number of carbonyl (C=O) groups excluding carboxylic acids is 2.